The molecule has 2 aromatic rings. The molecular formula is C9H10N4O2S. The van der Waals surface area contributed by atoms with Crippen LogP contribution in [0.3, 0.4) is 0 Å². The van der Waals surface area contributed by atoms with Gasteiger partial charge in [0.05, 0.1) is 17.5 Å². The first-order valence-corrected chi connectivity index (χ1v) is 6.84. The number of nitrogens with zero attached hydrogens (tertiary/aromatic N) is 4. The van der Waals surface area contributed by atoms with E-state index >= 15 is 0 Å². The van der Waals surface area contributed by atoms with Crippen LogP contribution in [0.1, 0.15) is 12.5 Å². The Bertz CT molecular complexity index is 634. The van der Waals surface area contributed by atoms with Gasteiger partial charge in [0.1, 0.15) is 5.52 Å². The lowest BCUT2D eigenvalue weighted by Crippen LogP contribution is -2.12. The summed E-state index contributed by atoms with van der Waals surface area (Å²) in [5.74, 6) is 0.369. The highest BCUT2D eigenvalue weighted by Gasteiger charge is 2.31. The summed E-state index contributed by atoms with van der Waals surface area (Å²) in [6, 6.07) is 3.48. The summed E-state index contributed by atoms with van der Waals surface area (Å²) in [5.41, 5.74) is 1.36. The van der Waals surface area contributed by atoms with Crippen LogP contribution < -0.4 is 0 Å². The second kappa shape index (κ2) is 3.24. The van der Waals surface area contributed by atoms with E-state index in [1.807, 2.05) is 6.07 Å². The summed E-state index contributed by atoms with van der Waals surface area (Å²) in [6.45, 7) is 0. The molecule has 7 heteroatoms. The van der Waals surface area contributed by atoms with Crippen molar-refractivity contribution < 1.29 is 8.42 Å². The number of rotatable bonds is 1. The smallest absolute Gasteiger partial charge is 0.178 e. The third-order valence-corrected chi connectivity index (χ3v) is 4.54. The Morgan fingerprint density at radius 1 is 1.44 bits per heavy atom. The quantitative estimate of drug-likeness (QED) is 0.708. The van der Waals surface area contributed by atoms with E-state index < -0.39 is 9.84 Å². The lowest BCUT2D eigenvalue weighted by atomic mass is 10.3. The molecule has 0 bridgehead atoms. The number of aromatic nitrogens is 4. The zero-order valence-corrected chi connectivity index (χ0v) is 9.26. The maximum absolute atomic E-state index is 11.4. The molecule has 0 aromatic carbocycles. The topological polar surface area (TPSA) is 77.7 Å². The van der Waals surface area contributed by atoms with Gasteiger partial charge in [-0.1, -0.05) is 5.21 Å². The number of fused-ring (bicyclic) bond motifs is 1. The summed E-state index contributed by atoms with van der Waals surface area (Å²) in [7, 11) is -2.91. The first kappa shape index (κ1) is 9.71. The molecule has 2 aromatic heterocycles. The highest BCUT2D eigenvalue weighted by Crippen LogP contribution is 2.24. The number of hydrogen-bond donors (Lipinski definition) is 0. The third kappa shape index (κ3) is 1.47. The van der Waals surface area contributed by atoms with Crippen LogP contribution in [0.2, 0.25) is 0 Å². The fourth-order valence-electron chi connectivity index (χ4n) is 2.00. The van der Waals surface area contributed by atoms with E-state index in [-0.39, 0.29) is 17.5 Å². The lowest BCUT2D eigenvalue weighted by molar-refractivity contribution is 0.495. The van der Waals surface area contributed by atoms with Gasteiger partial charge in [0.25, 0.3) is 0 Å². The molecule has 0 spiro atoms. The molecule has 1 atom stereocenters. The average molecular weight is 238 g/mol. The highest BCUT2D eigenvalue weighted by molar-refractivity contribution is 7.91. The molecule has 3 rings (SSSR count). The van der Waals surface area contributed by atoms with Crippen molar-refractivity contribution in [3.05, 3.63) is 18.3 Å². The molecule has 84 valence electrons. The number of sulfone groups is 1. The van der Waals surface area contributed by atoms with E-state index in [1.54, 1.807) is 16.9 Å². The highest BCUT2D eigenvalue weighted by atomic mass is 32.2. The SMILES string of the molecule is O=S1(=O)CCC(n2nnc3cccnc32)C1. The van der Waals surface area contributed by atoms with Gasteiger partial charge >= 0.3 is 0 Å². The van der Waals surface area contributed by atoms with Gasteiger partial charge in [-0.3, -0.25) is 0 Å². The molecule has 0 saturated carbocycles. The molecule has 1 aliphatic rings. The van der Waals surface area contributed by atoms with E-state index in [4.69, 9.17) is 0 Å². The van der Waals surface area contributed by atoms with Crippen LogP contribution in [0.25, 0.3) is 11.2 Å². The van der Waals surface area contributed by atoms with Gasteiger partial charge in [-0.2, -0.15) is 0 Å². The minimum Gasteiger partial charge on any atom is -0.235 e. The summed E-state index contributed by atoms with van der Waals surface area (Å²) in [4.78, 5) is 4.18. The van der Waals surface area contributed by atoms with Crippen molar-refractivity contribution in [3.8, 4) is 0 Å². The molecule has 0 N–H and O–H groups in total. The lowest BCUT2D eigenvalue weighted by Gasteiger charge is -2.06. The molecule has 1 aliphatic heterocycles. The monoisotopic (exact) mass is 238 g/mol. The molecule has 0 radical (unpaired) electrons. The van der Waals surface area contributed by atoms with Crippen molar-refractivity contribution in [2.75, 3.05) is 11.5 Å². The summed E-state index contributed by atoms with van der Waals surface area (Å²) >= 11 is 0. The Morgan fingerprint density at radius 3 is 3.06 bits per heavy atom. The minimum atomic E-state index is -2.91. The van der Waals surface area contributed by atoms with E-state index in [0.717, 1.165) is 0 Å². The van der Waals surface area contributed by atoms with Gasteiger partial charge in [-0.05, 0) is 18.6 Å². The second-order valence-electron chi connectivity index (χ2n) is 3.94. The Balaban J connectivity index is 2.07. The summed E-state index contributed by atoms with van der Waals surface area (Å²) in [5, 5.41) is 7.95. The fourth-order valence-corrected chi connectivity index (χ4v) is 3.69. The van der Waals surface area contributed by atoms with Gasteiger partial charge in [0.15, 0.2) is 15.5 Å². The average Bonchev–Trinajstić information content (AvgIpc) is 2.81. The van der Waals surface area contributed by atoms with Gasteiger partial charge < -0.3 is 0 Å². The Labute approximate surface area is 92.2 Å². The van der Waals surface area contributed by atoms with E-state index in [1.165, 1.54) is 0 Å². The Morgan fingerprint density at radius 2 is 2.31 bits per heavy atom. The van der Waals surface area contributed by atoms with E-state index in [0.29, 0.717) is 17.6 Å². The Kier molecular flexibility index (Phi) is 1.97. The number of pyridine rings is 1. The van der Waals surface area contributed by atoms with E-state index in [2.05, 4.69) is 15.3 Å². The molecule has 1 saturated heterocycles. The maximum atomic E-state index is 11.4. The first-order chi connectivity index (χ1) is 7.66. The molecule has 0 aliphatic carbocycles. The van der Waals surface area contributed by atoms with Crippen molar-refractivity contribution in [2.45, 2.75) is 12.5 Å². The predicted molar refractivity (Wildman–Crippen MR) is 57.6 cm³/mol. The largest absolute Gasteiger partial charge is 0.235 e. The third-order valence-electron chi connectivity index (χ3n) is 2.79. The molecule has 1 fully saturated rings. The predicted octanol–water partition coefficient (Wildman–Crippen LogP) is 0.186. The van der Waals surface area contributed by atoms with Gasteiger partial charge in [0.2, 0.25) is 0 Å². The van der Waals surface area contributed by atoms with Gasteiger partial charge in [0, 0.05) is 6.20 Å². The molecule has 16 heavy (non-hydrogen) atoms. The molecule has 0 amide bonds. The van der Waals surface area contributed by atoms with Crippen molar-refractivity contribution >= 4 is 21.0 Å². The minimum absolute atomic E-state index is 0.120. The zero-order valence-electron chi connectivity index (χ0n) is 8.44. The number of hydrogen-bond acceptors (Lipinski definition) is 5. The normalized spacial score (nSPS) is 23.9. The molecule has 1 unspecified atom stereocenters. The first-order valence-electron chi connectivity index (χ1n) is 5.02. The van der Waals surface area contributed by atoms with Crippen LogP contribution in [0.4, 0.5) is 0 Å². The Hall–Kier alpha value is -1.50. The molecular weight excluding hydrogens is 228 g/mol. The van der Waals surface area contributed by atoms with Crippen LogP contribution in [0.15, 0.2) is 18.3 Å². The van der Waals surface area contributed by atoms with E-state index in [9.17, 15) is 8.42 Å². The van der Waals surface area contributed by atoms with Crippen molar-refractivity contribution in [3.63, 3.8) is 0 Å². The van der Waals surface area contributed by atoms with Crippen molar-refractivity contribution in [1.82, 2.24) is 20.0 Å². The summed E-state index contributed by atoms with van der Waals surface area (Å²) in [6.07, 6.45) is 2.25. The standard InChI is InChI=1S/C9H10N4O2S/c14-16(15)5-3-7(6-16)13-9-8(11-12-13)2-1-4-10-9/h1-2,4,7H,3,5-6H2. The van der Waals surface area contributed by atoms with Crippen LogP contribution in [0, 0.1) is 0 Å². The van der Waals surface area contributed by atoms with Crippen molar-refractivity contribution in [1.29, 1.82) is 0 Å². The van der Waals surface area contributed by atoms with Gasteiger partial charge in [-0.15, -0.1) is 5.10 Å². The van der Waals surface area contributed by atoms with Crippen LogP contribution in [-0.2, 0) is 9.84 Å². The van der Waals surface area contributed by atoms with Crippen molar-refractivity contribution in [2.24, 2.45) is 0 Å². The van der Waals surface area contributed by atoms with Crippen LogP contribution >= 0.6 is 0 Å². The maximum Gasteiger partial charge on any atom is 0.178 e. The second-order valence-corrected chi connectivity index (χ2v) is 6.17. The fraction of sp³-hybridized carbons (Fsp3) is 0.444. The van der Waals surface area contributed by atoms with Gasteiger partial charge in [-0.25, -0.2) is 18.1 Å². The van der Waals surface area contributed by atoms with Crippen LogP contribution in [0.5, 0.6) is 0 Å². The summed E-state index contributed by atoms with van der Waals surface area (Å²) < 4.78 is 24.4. The molecule has 3 heterocycles. The van der Waals surface area contributed by atoms with Crippen LogP contribution in [-0.4, -0.2) is 39.9 Å². The molecule has 6 nitrogen and oxygen atoms in total. The zero-order chi connectivity index (χ0) is 11.2.